The summed E-state index contributed by atoms with van der Waals surface area (Å²) in [5.41, 5.74) is 5.39. The molecular formula is C12H20N2O3. The summed E-state index contributed by atoms with van der Waals surface area (Å²) in [7, 11) is 0. The summed E-state index contributed by atoms with van der Waals surface area (Å²) in [5.74, 6) is 0.664. The molecule has 0 fully saturated rings. The van der Waals surface area contributed by atoms with Crippen LogP contribution in [-0.2, 0) is 11.3 Å². The van der Waals surface area contributed by atoms with E-state index in [-0.39, 0.29) is 5.91 Å². The quantitative estimate of drug-likeness (QED) is 0.671. The van der Waals surface area contributed by atoms with Crippen LogP contribution in [0.3, 0.4) is 0 Å². The summed E-state index contributed by atoms with van der Waals surface area (Å²) in [6.45, 7) is 4.16. The number of nitrogens with one attached hydrogen (secondary N) is 1. The number of hydrogen-bond donors (Lipinski definition) is 2. The number of nitrogens with two attached hydrogens (primary N) is 1. The van der Waals surface area contributed by atoms with E-state index in [1.54, 1.807) is 12.1 Å². The molecule has 96 valence electrons. The van der Waals surface area contributed by atoms with Gasteiger partial charge in [-0.25, -0.2) is 0 Å². The highest BCUT2D eigenvalue weighted by atomic mass is 16.5. The molecular weight excluding hydrogens is 220 g/mol. The monoisotopic (exact) mass is 240 g/mol. The van der Waals surface area contributed by atoms with Crippen LogP contribution in [0.2, 0.25) is 0 Å². The topological polar surface area (TPSA) is 77.5 Å². The van der Waals surface area contributed by atoms with Gasteiger partial charge in [0.15, 0.2) is 5.76 Å². The van der Waals surface area contributed by atoms with Crippen molar-refractivity contribution in [1.82, 2.24) is 5.32 Å². The lowest BCUT2D eigenvalue weighted by Gasteiger charge is -2.04. The van der Waals surface area contributed by atoms with E-state index >= 15 is 0 Å². The van der Waals surface area contributed by atoms with Gasteiger partial charge in [0.25, 0.3) is 5.91 Å². The molecule has 0 aliphatic heterocycles. The molecule has 3 N–H and O–H groups in total. The predicted octanol–water partition coefficient (Wildman–Crippen LogP) is 1.28. The summed E-state index contributed by atoms with van der Waals surface area (Å²) in [4.78, 5) is 11.6. The molecule has 1 aromatic rings. The van der Waals surface area contributed by atoms with Crippen molar-refractivity contribution in [1.29, 1.82) is 0 Å². The maximum Gasteiger partial charge on any atom is 0.287 e. The van der Waals surface area contributed by atoms with Crippen molar-refractivity contribution in [3.05, 3.63) is 23.7 Å². The third kappa shape index (κ3) is 5.01. The molecule has 0 aliphatic carbocycles. The first-order valence-corrected chi connectivity index (χ1v) is 5.92. The maximum absolute atomic E-state index is 11.6. The zero-order valence-electron chi connectivity index (χ0n) is 10.2. The van der Waals surface area contributed by atoms with E-state index in [9.17, 15) is 4.79 Å². The van der Waals surface area contributed by atoms with Crippen molar-refractivity contribution in [2.24, 2.45) is 5.73 Å². The standard InChI is InChI=1S/C12H20N2O3/c1-2-3-7-16-8-6-14-12(15)11-5-4-10(9-13)17-11/h4-5H,2-3,6-9,13H2,1H3,(H,14,15). The molecule has 0 unspecified atom stereocenters. The van der Waals surface area contributed by atoms with Gasteiger partial charge in [-0.15, -0.1) is 0 Å². The van der Waals surface area contributed by atoms with Crippen molar-refractivity contribution >= 4 is 5.91 Å². The summed E-state index contributed by atoms with van der Waals surface area (Å²) >= 11 is 0. The molecule has 0 aromatic carbocycles. The van der Waals surface area contributed by atoms with Crippen LogP contribution in [0.1, 0.15) is 36.1 Å². The average molecular weight is 240 g/mol. The van der Waals surface area contributed by atoms with E-state index in [4.69, 9.17) is 14.9 Å². The number of amides is 1. The zero-order chi connectivity index (χ0) is 12.5. The molecule has 0 radical (unpaired) electrons. The number of carbonyl (C=O) groups excluding carboxylic acids is 1. The summed E-state index contributed by atoms with van der Waals surface area (Å²) in [5, 5.41) is 2.71. The zero-order valence-corrected chi connectivity index (χ0v) is 10.2. The van der Waals surface area contributed by atoms with Crippen LogP contribution in [0, 0.1) is 0 Å². The van der Waals surface area contributed by atoms with Gasteiger partial charge in [-0.3, -0.25) is 4.79 Å². The van der Waals surface area contributed by atoms with Crippen molar-refractivity contribution in [2.75, 3.05) is 19.8 Å². The first-order chi connectivity index (χ1) is 8.27. The van der Waals surface area contributed by atoms with E-state index in [1.807, 2.05) is 0 Å². The highest BCUT2D eigenvalue weighted by Gasteiger charge is 2.09. The van der Waals surface area contributed by atoms with Crippen molar-refractivity contribution < 1.29 is 13.9 Å². The first-order valence-electron chi connectivity index (χ1n) is 5.92. The largest absolute Gasteiger partial charge is 0.455 e. The normalized spacial score (nSPS) is 10.5. The Balaban J connectivity index is 2.16. The molecule has 0 atom stereocenters. The Hall–Kier alpha value is -1.33. The van der Waals surface area contributed by atoms with Gasteiger partial charge in [-0.05, 0) is 18.6 Å². The van der Waals surface area contributed by atoms with Crippen molar-refractivity contribution in [3.63, 3.8) is 0 Å². The van der Waals surface area contributed by atoms with E-state index in [1.165, 1.54) is 0 Å². The Labute approximate surface area is 101 Å². The molecule has 17 heavy (non-hydrogen) atoms. The van der Waals surface area contributed by atoms with Crippen LogP contribution in [0.4, 0.5) is 0 Å². The minimum atomic E-state index is -0.233. The van der Waals surface area contributed by atoms with Crippen LogP contribution >= 0.6 is 0 Å². The molecule has 5 nitrogen and oxygen atoms in total. The van der Waals surface area contributed by atoms with Gasteiger partial charge in [0.1, 0.15) is 5.76 Å². The Morgan fingerprint density at radius 1 is 1.47 bits per heavy atom. The number of carbonyl (C=O) groups is 1. The predicted molar refractivity (Wildman–Crippen MR) is 64.7 cm³/mol. The highest BCUT2D eigenvalue weighted by molar-refractivity contribution is 5.91. The minimum absolute atomic E-state index is 0.233. The van der Waals surface area contributed by atoms with Crippen molar-refractivity contribution in [2.45, 2.75) is 26.3 Å². The molecule has 0 bridgehead atoms. The van der Waals surface area contributed by atoms with E-state index < -0.39 is 0 Å². The lowest BCUT2D eigenvalue weighted by molar-refractivity contribution is 0.0885. The molecule has 1 rings (SSSR count). The van der Waals surface area contributed by atoms with Gasteiger partial charge in [0.05, 0.1) is 13.2 Å². The van der Waals surface area contributed by atoms with Crippen LogP contribution in [-0.4, -0.2) is 25.7 Å². The van der Waals surface area contributed by atoms with Gasteiger partial charge in [0, 0.05) is 13.2 Å². The van der Waals surface area contributed by atoms with Gasteiger partial charge in [0.2, 0.25) is 0 Å². The van der Waals surface area contributed by atoms with Crippen LogP contribution in [0.15, 0.2) is 16.5 Å². The molecule has 0 aliphatic rings. The molecule has 5 heteroatoms. The van der Waals surface area contributed by atoms with Gasteiger partial charge >= 0.3 is 0 Å². The molecule has 0 spiro atoms. The second-order valence-electron chi connectivity index (χ2n) is 3.69. The first kappa shape index (κ1) is 13.7. The van der Waals surface area contributed by atoms with Gasteiger partial charge < -0.3 is 20.2 Å². The third-order valence-electron chi connectivity index (χ3n) is 2.26. The Kier molecular flexibility index (Phi) is 6.35. The molecule has 0 saturated heterocycles. The number of hydrogen-bond acceptors (Lipinski definition) is 4. The van der Waals surface area contributed by atoms with E-state index in [2.05, 4.69) is 12.2 Å². The molecule has 1 heterocycles. The van der Waals surface area contributed by atoms with Crippen LogP contribution < -0.4 is 11.1 Å². The second kappa shape index (κ2) is 7.86. The lowest BCUT2D eigenvalue weighted by Crippen LogP contribution is -2.27. The van der Waals surface area contributed by atoms with Crippen LogP contribution in [0.25, 0.3) is 0 Å². The fourth-order valence-corrected chi connectivity index (χ4v) is 1.28. The second-order valence-corrected chi connectivity index (χ2v) is 3.69. The van der Waals surface area contributed by atoms with Gasteiger partial charge in [-0.2, -0.15) is 0 Å². The number of ether oxygens (including phenoxy) is 1. The van der Waals surface area contributed by atoms with E-state index in [0.717, 1.165) is 19.4 Å². The summed E-state index contributed by atoms with van der Waals surface area (Å²) < 4.78 is 10.5. The Morgan fingerprint density at radius 2 is 2.29 bits per heavy atom. The fourth-order valence-electron chi connectivity index (χ4n) is 1.28. The molecule has 1 aromatic heterocycles. The SMILES string of the molecule is CCCCOCCNC(=O)c1ccc(CN)o1. The average Bonchev–Trinajstić information content (AvgIpc) is 2.82. The Morgan fingerprint density at radius 3 is 2.94 bits per heavy atom. The summed E-state index contributed by atoms with van der Waals surface area (Å²) in [6.07, 6.45) is 2.16. The van der Waals surface area contributed by atoms with E-state index in [0.29, 0.717) is 31.2 Å². The van der Waals surface area contributed by atoms with Gasteiger partial charge in [-0.1, -0.05) is 13.3 Å². The number of furan rings is 1. The summed E-state index contributed by atoms with van der Waals surface area (Å²) in [6, 6.07) is 3.32. The minimum Gasteiger partial charge on any atom is -0.455 e. The number of rotatable bonds is 8. The molecule has 1 amide bonds. The Bertz CT molecular complexity index is 336. The maximum atomic E-state index is 11.6. The highest BCUT2D eigenvalue weighted by Crippen LogP contribution is 2.06. The fraction of sp³-hybridized carbons (Fsp3) is 0.583. The molecule has 0 saturated carbocycles. The lowest BCUT2D eigenvalue weighted by atomic mass is 10.4. The van der Waals surface area contributed by atoms with Crippen LogP contribution in [0.5, 0.6) is 0 Å². The number of unbranched alkanes of at least 4 members (excludes halogenated alkanes) is 1. The van der Waals surface area contributed by atoms with Crippen molar-refractivity contribution in [3.8, 4) is 0 Å². The third-order valence-corrected chi connectivity index (χ3v) is 2.26. The smallest absolute Gasteiger partial charge is 0.287 e.